The van der Waals surface area contributed by atoms with Crippen molar-refractivity contribution in [2.24, 2.45) is 0 Å². The van der Waals surface area contributed by atoms with Gasteiger partial charge in [-0.05, 0) is 80.0 Å². The second-order valence-corrected chi connectivity index (χ2v) is 14.8. The molecule has 0 bridgehead atoms. The smallest absolute Gasteiger partial charge is 0.100 e. The SMILES string of the molecule is CC#C/C(=C(/CC)c1cc2sc(-c3cc4c(cc(/C=C(\C#N)C5=CCCS5)n4CCC)s3)cc2n1CCC)c1cccs1. The van der Waals surface area contributed by atoms with Gasteiger partial charge in [-0.25, -0.2) is 0 Å². The third kappa shape index (κ3) is 5.73. The van der Waals surface area contributed by atoms with Crippen molar-refractivity contribution in [3.05, 3.63) is 74.6 Å². The van der Waals surface area contributed by atoms with E-state index in [1.54, 1.807) is 23.1 Å². The van der Waals surface area contributed by atoms with Crippen LogP contribution in [-0.2, 0) is 13.1 Å². The molecule has 5 aromatic heterocycles. The van der Waals surface area contributed by atoms with Gasteiger partial charge in [-0.1, -0.05) is 38.8 Å². The van der Waals surface area contributed by atoms with E-state index < -0.39 is 0 Å². The molecule has 1 aliphatic rings. The molecule has 0 saturated heterocycles. The minimum absolute atomic E-state index is 0.783. The zero-order chi connectivity index (χ0) is 29.9. The fourth-order valence-corrected chi connectivity index (χ4v) is 9.87. The summed E-state index contributed by atoms with van der Waals surface area (Å²) in [4.78, 5) is 5.00. The minimum Gasteiger partial charge on any atom is -0.340 e. The molecule has 5 aromatic rings. The van der Waals surface area contributed by atoms with E-state index in [1.807, 2.05) is 29.6 Å². The Morgan fingerprint density at radius 1 is 0.977 bits per heavy atom. The summed E-state index contributed by atoms with van der Waals surface area (Å²) < 4.78 is 7.53. The van der Waals surface area contributed by atoms with Gasteiger partial charge in [0.2, 0.25) is 0 Å². The lowest BCUT2D eigenvalue weighted by Crippen LogP contribution is -2.02. The number of aryl methyl sites for hydroxylation is 2. The summed E-state index contributed by atoms with van der Waals surface area (Å²) in [5.74, 6) is 7.69. The first kappa shape index (κ1) is 29.9. The van der Waals surface area contributed by atoms with Crippen molar-refractivity contribution < 1.29 is 0 Å². The molecule has 6 rings (SSSR count). The lowest BCUT2D eigenvalue weighted by molar-refractivity contribution is 0.695. The van der Waals surface area contributed by atoms with Gasteiger partial charge in [0, 0.05) is 55.3 Å². The lowest BCUT2D eigenvalue weighted by atomic mass is 10.0. The van der Waals surface area contributed by atoms with Gasteiger partial charge >= 0.3 is 0 Å². The van der Waals surface area contributed by atoms with Gasteiger partial charge in [0.25, 0.3) is 0 Å². The number of thiophene rings is 3. The van der Waals surface area contributed by atoms with Crippen molar-refractivity contribution in [1.29, 1.82) is 5.26 Å². The van der Waals surface area contributed by atoms with Crippen molar-refractivity contribution in [3.8, 4) is 27.7 Å². The Labute approximate surface area is 270 Å². The van der Waals surface area contributed by atoms with Crippen LogP contribution in [0.15, 0.2) is 58.3 Å². The first-order valence-electron chi connectivity index (χ1n) is 15.0. The maximum atomic E-state index is 9.88. The van der Waals surface area contributed by atoms with Crippen molar-refractivity contribution in [1.82, 2.24) is 9.13 Å². The Bertz CT molecular complexity index is 1980. The van der Waals surface area contributed by atoms with E-state index in [1.165, 1.54) is 46.3 Å². The predicted molar refractivity (Wildman–Crippen MR) is 193 cm³/mol. The van der Waals surface area contributed by atoms with E-state index in [9.17, 15) is 5.26 Å². The number of aromatic nitrogens is 2. The van der Waals surface area contributed by atoms with E-state index in [4.69, 9.17) is 0 Å². The third-order valence-corrected chi connectivity index (χ3v) is 12.1. The largest absolute Gasteiger partial charge is 0.340 e. The van der Waals surface area contributed by atoms with Crippen LogP contribution in [0.25, 0.3) is 47.4 Å². The lowest BCUT2D eigenvalue weighted by Gasteiger charge is -2.14. The van der Waals surface area contributed by atoms with Crippen LogP contribution in [0, 0.1) is 23.2 Å². The normalized spacial score (nSPS) is 14.2. The number of hydrogen-bond donors (Lipinski definition) is 0. The van der Waals surface area contributed by atoms with Crippen LogP contribution < -0.4 is 0 Å². The van der Waals surface area contributed by atoms with Crippen molar-refractivity contribution in [3.63, 3.8) is 0 Å². The molecule has 6 heterocycles. The highest BCUT2D eigenvalue weighted by Gasteiger charge is 2.20. The first-order chi connectivity index (χ1) is 21.1. The Morgan fingerprint density at radius 2 is 1.70 bits per heavy atom. The van der Waals surface area contributed by atoms with Gasteiger partial charge in [-0.3, -0.25) is 0 Å². The molecule has 7 heteroatoms. The molecule has 1 aliphatic heterocycles. The molecule has 0 amide bonds. The fraction of sp³-hybridized carbons (Fsp3) is 0.306. The molecule has 0 N–H and O–H groups in total. The zero-order valence-electron chi connectivity index (χ0n) is 25.1. The molecule has 0 saturated carbocycles. The number of rotatable bonds is 10. The van der Waals surface area contributed by atoms with Crippen LogP contribution in [0.5, 0.6) is 0 Å². The number of nitriles is 1. The number of allylic oxidation sites excluding steroid dienone is 4. The van der Waals surface area contributed by atoms with E-state index >= 15 is 0 Å². The van der Waals surface area contributed by atoms with Gasteiger partial charge in [-0.2, -0.15) is 5.26 Å². The summed E-state index contributed by atoms with van der Waals surface area (Å²) >= 11 is 7.31. The number of hydrogen-bond acceptors (Lipinski definition) is 5. The van der Waals surface area contributed by atoms with Crippen LogP contribution in [0.4, 0.5) is 0 Å². The Morgan fingerprint density at radius 3 is 2.30 bits per heavy atom. The summed E-state index contributed by atoms with van der Waals surface area (Å²) in [6.45, 7) is 10.6. The second kappa shape index (κ2) is 13.2. The fourth-order valence-electron chi connectivity index (χ4n) is 5.88. The molecule has 43 heavy (non-hydrogen) atoms. The monoisotopic (exact) mass is 637 g/mol. The Kier molecular flexibility index (Phi) is 9.17. The maximum absolute atomic E-state index is 9.88. The molecule has 3 nitrogen and oxygen atoms in total. The molecule has 0 spiro atoms. The Balaban J connectivity index is 1.43. The van der Waals surface area contributed by atoms with Crippen LogP contribution >= 0.6 is 45.8 Å². The molecule has 218 valence electrons. The van der Waals surface area contributed by atoms with Crippen LogP contribution in [0.1, 0.15) is 69.6 Å². The standard InChI is InChI=1S/C36H35N3S4/c1-5-11-27(32-13-10-17-41-32)26(8-4)28-20-34-30(39(28)15-7-3)22-36(43-34)35-21-29-33(42-35)19-25(38(29)14-6-2)18-24(23-37)31-12-9-16-40-31/h10,12-13,17-22H,6-9,14-16H2,1-4H3/b24-18+,27-26+. The molecule has 0 unspecified atom stereocenters. The summed E-state index contributed by atoms with van der Waals surface area (Å²) in [6, 6.07) is 16.2. The summed E-state index contributed by atoms with van der Waals surface area (Å²) in [6.07, 6.45) is 8.40. The van der Waals surface area contributed by atoms with Gasteiger partial charge in [0.05, 0.1) is 26.0 Å². The van der Waals surface area contributed by atoms with Crippen molar-refractivity contribution in [2.45, 2.75) is 66.5 Å². The highest BCUT2D eigenvalue weighted by molar-refractivity contribution is 8.03. The topological polar surface area (TPSA) is 33.6 Å². The minimum atomic E-state index is 0.783. The van der Waals surface area contributed by atoms with E-state index in [0.29, 0.717) is 0 Å². The average Bonchev–Trinajstić information content (AvgIpc) is 3.84. The van der Waals surface area contributed by atoms with Gasteiger partial charge in [0.1, 0.15) is 6.07 Å². The van der Waals surface area contributed by atoms with Gasteiger partial charge < -0.3 is 9.13 Å². The van der Waals surface area contributed by atoms with E-state index in [0.717, 1.165) is 66.3 Å². The summed E-state index contributed by atoms with van der Waals surface area (Å²) in [7, 11) is 0. The molecule has 0 aromatic carbocycles. The highest BCUT2D eigenvalue weighted by atomic mass is 32.2. The third-order valence-electron chi connectivity index (χ3n) is 7.71. The number of fused-ring (bicyclic) bond motifs is 2. The summed E-state index contributed by atoms with van der Waals surface area (Å²) in [5.41, 5.74) is 8.29. The van der Waals surface area contributed by atoms with Crippen LogP contribution in [0.2, 0.25) is 0 Å². The van der Waals surface area contributed by atoms with Gasteiger partial charge in [0.15, 0.2) is 0 Å². The van der Waals surface area contributed by atoms with Crippen LogP contribution in [-0.4, -0.2) is 14.9 Å². The zero-order valence-corrected chi connectivity index (χ0v) is 28.4. The molecule has 0 atom stereocenters. The van der Waals surface area contributed by atoms with E-state index in [2.05, 4.69) is 102 Å². The van der Waals surface area contributed by atoms with Gasteiger partial charge in [-0.15, -0.1) is 51.7 Å². The van der Waals surface area contributed by atoms with Crippen molar-refractivity contribution >= 4 is 83.4 Å². The molecule has 0 aliphatic carbocycles. The van der Waals surface area contributed by atoms with Crippen LogP contribution in [0.3, 0.4) is 0 Å². The molecule has 0 fully saturated rings. The summed E-state index contributed by atoms with van der Waals surface area (Å²) in [5, 5.41) is 12.0. The Hall–Kier alpha value is -3.20. The van der Waals surface area contributed by atoms with Crippen molar-refractivity contribution in [2.75, 3.05) is 5.75 Å². The highest BCUT2D eigenvalue weighted by Crippen LogP contribution is 2.44. The number of thioether (sulfide) groups is 1. The predicted octanol–water partition coefficient (Wildman–Crippen LogP) is 11.5. The quantitative estimate of drug-likeness (QED) is 0.113. The first-order valence-corrected chi connectivity index (χ1v) is 18.5. The maximum Gasteiger partial charge on any atom is 0.100 e. The molecular weight excluding hydrogens is 603 g/mol. The molecular formula is C36H35N3S4. The molecule has 0 radical (unpaired) electrons. The average molecular weight is 638 g/mol. The van der Waals surface area contributed by atoms with E-state index in [-0.39, 0.29) is 0 Å². The number of nitrogens with zero attached hydrogens (tertiary/aromatic N) is 3. The second-order valence-electron chi connectivity index (χ2n) is 10.6.